The number of aromatic nitrogens is 6. The number of nitrogens with zero attached hydrogens (tertiary/aromatic N) is 6. The highest BCUT2D eigenvalue weighted by Crippen LogP contribution is 2.43. The zero-order chi connectivity index (χ0) is 34.4. The molecule has 6 aromatic carbocycles. The second-order valence-electron chi connectivity index (χ2n) is 12.8. The predicted octanol–water partition coefficient (Wildman–Crippen LogP) is 11.0. The zero-order valence-corrected chi connectivity index (χ0v) is 27.8. The molecule has 0 bridgehead atoms. The molecule has 0 amide bonds. The van der Waals surface area contributed by atoms with Gasteiger partial charge in [-0.2, -0.15) is 0 Å². The maximum Gasteiger partial charge on any atom is 0.165 e. The molecule has 242 valence electrons. The molecular weight excluding hydrogens is 637 g/mol. The number of rotatable bonds is 5. The summed E-state index contributed by atoms with van der Waals surface area (Å²) in [6.45, 7) is 0. The van der Waals surface area contributed by atoms with Crippen molar-refractivity contribution in [1.29, 1.82) is 0 Å². The monoisotopic (exact) mass is 664 g/mol. The number of fused-ring (bicyclic) bond motifs is 8. The van der Waals surface area contributed by atoms with E-state index in [4.69, 9.17) is 19.9 Å². The molecule has 4 aromatic heterocycles. The lowest BCUT2D eigenvalue weighted by atomic mass is 9.89. The van der Waals surface area contributed by atoms with E-state index in [2.05, 4.69) is 119 Å². The molecule has 0 radical (unpaired) electrons. The van der Waals surface area contributed by atoms with Crippen molar-refractivity contribution < 1.29 is 0 Å². The average molecular weight is 665 g/mol. The van der Waals surface area contributed by atoms with Crippen LogP contribution in [0.3, 0.4) is 0 Å². The summed E-state index contributed by atoms with van der Waals surface area (Å²) in [6, 6.07) is 50.6. The van der Waals surface area contributed by atoms with Crippen LogP contribution in [0.5, 0.6) is 0 Å². The number of hydrogen-bond donors (Lipinski definition) is 0. The average Bonchev–Trinajstić information content (AvgIpc) is 3.24. The Morgan fingerprint density at radius 3 is 1.42 bits per heavy atom. The SMILES string of the molecule is c1cncc(-c2nc(-c3cccnc3)nc(-c3cccc(-c4ccc(-c5nc6ccccc6c6c7ccccc7c7ccccc7c56)cc4)c3)n2)c1. The van der Waals surface area contributed by atoms with E-state index in [1.165, 1.54) is 32.3 Å². The van der Waals surface area contributed by atoms with Gasteiger partial charge in [-0.15, -0.1) is 0 Å². The summed E-state index contributed by atoms with van der Waals surface area (Å²) in [5.41, 5.74) is 7.69. The molecule has 6 nitrogen and oxygen atoms in total. The zero-order valence-electron chi connectivity index (χ0n) is 27.8. The quantitative estimate of drug-likeness (QED) is 0.170. The fourth-order valence-corrected chi connectivity index (χ4v) is 7.25. The van der Waals surface area contributed by atoms with Crippen LogP contribution in [0.25, 0.3) is 99.8 Å². The molecule has 10 aromatic rings. The van der Waals surface area contributed by atoms with E-state index >= 15 is 0 Å². The van der Waals surface area contributed by atoms with Crippen molar-refractivity contribution in [3.8, 4) is 56.5 Å². The largest absolute Gasteiger partial charge is 0.264 e. The first kappa shape index (κ1) is 29.7. The van der Waals surface area contributed by atoms with Crippen molar-refractivity contribution in [2.24, 2.45) is 0 Å². The van der Waals surface area contributed by atoms with E-state index in [0.717, 1.165) is 50.0 Å². The Morgan fingerprint density at radius 1 is 0.308 bits per heavy atom. The van der Waals surface area contributed by atoms with Crippen molar-refractivity contribution in [3.63, 3.8) is 0 Å². The van der Waals surface area contributed by atoms with Gasteiger partial charge in [0, 0.05) is 63.2 Å². The molecule has 0 spiro atoms. The minimum absolute atomic E-state index is 0.558. The van der Waals surface area contributed by atoms with Gasteiger partial charge >= 0.3 is 0 Å². The Morgan fingerprint density at radius 2 is 0.808 bits per heavy atom. The number of pyridine rings is 3. The number of hydrogen-bond acceptors (Lipinski definition) is 6. The van der Waals surface area contributed by atoms with E-state index in [-0.39, 0.29) is 0 Å². The summed E-state index contributed by atoms with van der Waals surface area (Å²) in [7, 11) is 0. The summed E-state index contributed by atoms with van der Waals surface area (Å²) >= 11 is 0. The lowest BCUT2D eigenvalue weighted by molar-refractivity contribution is 1.07. The molecule has 4 heterocycles. The lowest BCUT2D eigenvalue weighted by Gasteiger charge is -2.16. The first-order valence-electron chi connectivity index (χ1n) is 17.2. The van der Waals surface area contributed by atoms with Crippen LogP contribution < -0.4 is 0 Å². The Balaban J connectivity index is 1.10. The van der Waals surface area contributed by atoms with Crippen LogP contribution in [0.4, 0.5) is 0 Å². The Kier molecular flexibility index (Phi) is 7.03. The first-order chi connectivity index (χ1) is 25.8. The molecule has 0 aliphatic carbocycles. The molecule has 0 saturated carbocycles. The fourth-order valence-electron chi connectivity index (χ4n) is 7.25. The molecule has 0 aliphatic heterocycles. The predicted molar refractivity (Wildman–Crippen MR) is 210 cm³/mol. The second kappa shape index (κ2) is 12.3. The fraction of sp³-hybridized carbons (Fsp3) is 0. The van der Waals surface area contributed by atoms with Gasteiger partial charge in [-0.25, -0.2) is 19.9 Å². The molecule has 10 rings (SSSR count). The highest BCUT2D eigenvalue weighted by Gasteiger charge is 2.18. The van der Waals surface area contributed by atoms with E-state index in [0.29, 0.717) is 17.5 Å². The Hall–Kier alpha value is -7.18. The van der Waals surface area contributed by atoms with E-state index in [1.807, 2.05) is 36.4 Å². The topological polar surface area (TPSA) is 77.3 Å². The Bertz CT molecular complexity index is 2890. The van der Waals surface area contributed by atoms with Gasteiger partial charge in [-0.05, 0) is 69.1 Å². The third-order valence-corrected chi connectivity index (χ3v) is 9.66. The smallest absolute Gasteiger partial charge is 0.165 e. The normalized spacial score (nSPS) is 11.5. The number of benzene rings is 6. The molecular formula is C46H28N6. The van der Waals surface area contributed by atoms with Gasteiger partial charge in [-0.1, -0.05) is 109 Å². The minimum Gasteiger partial charge on any atom is -0.264 e. The van der Waals surface area contributed by atoms with Gasteiger partial charge in [-0.3, -0.25) is 9.97 Å². The summed E-state index contributed by atoms with van der Waals surface area (Å²) in [5.74, 6) is 1.70. The molecule has 6 heteroatoms. The van der Waals surface area contributed by atoms with Gasteiger partial charge < -0.3 is 0 Å². The van der Waals surface area contributed by atoms with E-state index in [1.54, 1.807) is 24.8 Å². The van der Waals surface area contributed by atoms with Crippen LogP contribution in [-0.2, 0) is 0 Å². The van der Waals surface area contributed by atoms with Crippen molar-refractivity contribution >= 4 is 43.2 Å². The summed E-state index contributed by atoms with van der Waals surface area (Å²) < 4.78 is 0. The highest BCUT2D eigenvalue weighted by molar-refractivity contribution is 6.33. The molecule has 0 unspecified atom stereocenters. The van der Waals surface area contributed by atoms with Gasteiger partial charge in [0.25, 0.3) is 0 Å². The van der Waals surface area contributed by atoms with Crippen LogP contribution in [0.1, 0.15) is 0 Å². The van der Waals surface area contributed by atoms with Crippen LogP contribution in [0.15, 0.2) is 170 Å². The van der Waals surface area contributed by atoms with Gasteiger partial charge in [0.1, 0.15) is 0 Å². The third-order valence-electron chi connectivity index (χ3n) is 9.66. The summed E-state index contributed by atoms with van der Waals surface area (Å²) in [6.07, 6.45) is 7.02. The van der Waals surface area contributed by atoms with E-state index < -0.39 is 0 Å². The Labute approximate surface area is 299 Å². The standard InChI is InChI=1S/C46H28N6/c1-3-16-37-35(14-1)36-15-2-4-17-38(36)42-41(37)39-18-5-6-19-40(39)49-43(42)30-22-20-29(21-23-30)31-10-7-11-32(26-31)44-50-45(33-12-8-24-47-27-33)52-46(51-44)34-13-9-25-48-28-34/h1-28H. The van der Waals surface area contributed by atoms with Crippen molar-refractivity contribution in [2.75, 3.05) is 0 Å². The molecule has 0 saturated heterocycles. The van der Waals surface area contributed by atoms with E-state index in [9.17, 15) is 0 Å². The highest BCUT2D eigenvalue weighted by atomic mass is 15.0. The molecule has 52 heavy (non-hydrogen) atoms. The maximum atomic E-state index is 5.32. The first-order valence-corrected chi connectivity index (χ1v) is 17.2. The van der Waals surface area contributed by atoms with Crippen molar-refractivity contribution in [1.82, 2.24) is 29.9 Å². The lowest BCUT2D eigenvalue weighted by Crippen LogP contribution is -2.00. The van der Waals surface area contributed by atoms with Gasteiger partial charge in [0.05, 0.1) is 11.2 Å². The van der Waals surface area contributed by atoms with Gasteiger partial charge in [0.2, 0.25) is 0 Å². The molecule has 0 N–H and O–H groups in total. The molecule has 0 fully saturated rings. The van der Waals surface area contributed by atoms with Crippen LogP contribution in [0.2, 0.25) is 0 Å². The minimum atomic E-state index is 0.558. The van der Waals surface area contributed by atoms with Crippen LogP contribution in [0, 0.1) is 0 Å². The van der Waals surface area contributed by atoms with Crippen molar-refractivity contribution in [2.45, 2.75) is 0 Å². The van der Waals surface area contributed by atoms with Crippen LogP contribution in [-0.4, -0.2) is 29.9 Å². The summed E-state index contributed by atoms with van der Waals surface area (Å²) in [4.78, 5) is 28.5. The second-order valence-corrected chi connectivity index (χ2v) is 12.8. The molecule has 0 atom stereocenters. The van der Waals surface area contributed by atoms with Crippen LogP contribution >= 0.6 is 0 Å². The van der Waals surface area contributed by atoms with Gasteiger partial charge in [0.15, 0.2) is 17.5 Å². The summed E-state index contributed by atoms with van der Waals surface area (Å²) in [5, 5.41) is 8.49. The number of para-hydroxylation sites is 1. The third kappa shape index (κ3) is 5.05. The van der Waals surface area contributed by atoms with Crippen molar-refractivity contribution in [3.05, 3.63) is 170 Å². The maximum absolute atomic E-state index is 5.32. The molecule has 0 aliphatic rings.